The number of likely N-dealkylation sites (N-methyl/N-ethyl adjacent to an activating group) is 1. The summed E-state index contributed by atoms with van der Waals surface area (Å²) in [4.78, 5) is 55.6. The van der Waals surface area contributed by atoms with E-state index in [2.05, 4.69) is 5.32 Å². The first kappa shape index (κ1) is 33.2. The maximum atomic E-state index is 14.5. The normalized spacial score (nSPS) is 27.4. The number of methoxy groups -OCH3 is 1. The first-order valence-corrected chi connectivity index (χ1v) is 13.8. The van der Waals surface area contributed by atoms with Crippen LogP contribution < -0.4 is 27.4 Å². The average molecular weight is 628 g/mol. The molecule has 16 heteroatoms. The van der Waals surface area contributed by atoms with Crippen LogP contribution in [0.3, 0.4) is 0 Å². The largest absolute Gasteiger partial charge is 0.509 e. The number of aromatic hydroxyl groups is 1. The van der Waals surface area contributed by atoms with Crippen molar-refractivity contribution in [2.45, 2.75) is 36.5 Å². The molecule has 45 heavy (non-hydrogen) atoms. The molecule has 0 aromatic heterocycles. The van der Waals surface area contributed by atoms with Crippen molar-refractivity contribution in [3.05, 3.63) is 39.7 Å². The van der Waals surface area contributed by atoms with E-state index in [1.807, 2.05) is 0 Å². The Morgan fingerprint density at radius 3 is 2.33 bits per heavy atom. The van der Waals surface area contributed by atoms with Crippen molar-refractivity contribution in [3.63, 3.8) is 0 Å². The fourth-order valence-electron chi connectivity index (χ4n) is 6.90. The summed E-state index contributed by atoms with van der Waals surface area (Å²) in [6.45, 7) is -0.0956. The average Bonchev–Trinajstić information content (AvgIpc) is 2.91. The summed E-state index contributed by atoms with van der Waals surface area (Å²) in [7, 11) is 7.71. The summed E-state index contributed by atoms with van der Waals surface area (Å²) in [6, 6.07) is 1.80. The van der Waals surface area contributed by atoms with E-state index in [4.69, 9.17) is 26.7 Å². The molecule has 242 valence electrons. The number of hydrogen-bond acceptors (Lipinski definition) is 14. The Balaban J connectivity index is 1.98. The SMILES string of the molecule is COCCOC(=O)NCc1cc(N(C)C)c2c(c1O)C(O)=C1C(=O)[C@]3(C#N)C(O)=C(C(N)=O)C(=O)[C@@H](N(C)C)[C@]3(N)C[C@]1(N)C2. The van der Waals surface area contributed by atoms with Gasteiger partial charge in [0.2, 0.25) is 0 Å². The van der Waals surface area contributed by atoms with Crippen molar-refractivity contribution in [1.29, 1.82) is 5.26 Å². The smallest absolute Gasteiger partial charge is 0.407 e. The summed E-state index contributed by atoms with van der Waals surface area (Å²) in [5.41, 5.74) is 11.6. The van der Waals surface area contributed by atoms with E-state index in [1.54, 1.807) is 31.1 Å². The number of ether oxygens (including phenoxy) is 2. The third kappa shape index (κ3) is 4.66. The van der Waals surface area contributed by atoms with Crippen LogP contribution in [0, 0.1) is 16.7 Å². The van der Waals surface area contributed by atoms with Crippen LogP contribution in [0.25, 0.3) is 5.76 Å². The highest BCUT2D eigenvalue weighted by Gasteiger charge is 2.74. The quantitative estimate of drug-likeness (QED) is 0.132. The second-order valence-corrected chi connectivity index (χ2v) is 11.9. The first-order chi connectivity index (χ1) is 20.9. The van der Waals surface area contributed by atoms with Crippen LogP contribution in [-0.2, 0) is 36.8 Å². The van der Waals surface area contributed by atoms with Crippen molar-refractivity contribution in [1.82, 2.24) is 10.2 Å². The molecule has 3 aliphatic carbocycles. The number of primary amides is 1. The van der Waals surface area contributed by atoms with E-state index in [9.17, 15) is 39.8 Å². The van der Waals surface area contributed by atoms with Crippen LogP contribution in [0.2, 0.25) is 0 Å². The predicted octanol–water partition coefficient (Wildman–Crippen LogP) is -1.16. The number of aliphatic hydroxyl groups excluding tert-OH is 2. The molecule has 1 aromatic rings. The van der Waals surface area contributed by atoms with Gasteiger partial charge in [-0.1, -0.05) is 0 Å². The van der Waals surface area contributed by atoms with Gasteiger partial charge < -0.3 is 52.2 Å². The number of nitrogens with two attached hydrogens (primary N) is 3. The lowest BCUT2D eigenvalue weighted by Gasteiger charge is -2.58. The summed E-state index contributed by atoms with van der Waals surface area (Å²) in [6.07, 6.45) is -1.50. The Bertz CT molecular complexity index is 1610. The number of nitrogens with one attached hydrogen (secondary N) is 1. The van der Waals surface area contributed by atoms with Gasteiger partial charge in [-0.25, -0.2) is 4.79 Å². The van der Waals surface area contributed by atoms with Crippen molar-refractivity contribution < 1.29 is 44.0 Å². The molecule has 1 aromatic carbocycles. The number of carbonyl (C=O) groups excluding carboxylic acids is 4. The summed E-state index contributed by atoms with van der Waals surface area (Å²) < 4.78 is 9.83. The van der Waals surface area contributed by atoms with Crippen LogP contribution in [-0.4, -0.2) is 109 Å². The number of carbonyl (C=O) groups is 4. The van der Waals surface area contributed by atoms with Gasteiger partial charge in [-0.05, 0) is 38.6 Å². The van der Waals surface area contributed by atoms with Crippen molar-refractivity contribution in [2.75, 3.05) is 53.4 Å². The Morgan fingerprint density at radius 1 is 1.16 bits per heavy atom. The number of nitriles is 1. The number of benzene rings is 1. The molecule has 0 heterocycles. The number of ketones is 2. The molecule has 0 radical (unpaired) electrons. The maximum Gasteiger partial charge on any atom is 0.407 e. The number of anilines is 1. The zero-order valence-corrected chi connectivity index (χ0v) is 25.6. The van der Waals surface area contributed by atoms with Crippen molar-refractivity contribution in [3.8, 4) is 11.8 Å². The molecule has 0 saturated heterocycles. The van der Waals surface area contributed by atoms with Gasteiger partial charge in [0.1, 0.15) is 29.4 Å². The second-order valence-electron chi connectivity index (χ2n) is 11.9. The van der Waals surface area contributed by atoms with Crippen LogP contribution in [0.15, 0.2) is 23.0 Å². The van der Waals surface area contributed by atoms with E-state index in [-0.39, 0.29) is 37.3 Å². The highest BCUT2D eigenvalue weighted by atomic mass is 16.6. The molecule has 3 aliphatic rings. The van der Waals surface area contributed by atoms with Gasteiger partial charge in [-0.15, -0.1) is 0 Å². The maximum absolute atomic E-state index is 14.5. The monoisotopic (exact) mass is 627 g/mol. The Morgan fingerprint density at radius 2 is 1.80 bits per heavy atom. The van der Waals surface area contributed by atoms with Gasteiger partial charge in [-0.3, -0.25) is 19.3 Å². The Hall–Kier alpha value is -4.69. The van der Waals surface area contributed by atoms with Gasteiger partial charge in [0.05, 0.1) is 40.9 Å². The lowest BCUT2D eigenvalue weighted by atomic mass is 9.47. The third-order valence-electron chi connectivity index (χ3n) is 8.73. The molecule has 0 unspecified atom stereocenters. The van der Waals surface area contributed by atoms with E-state index in [1.165, 1.54) is 26.1 Å². The molecule has 0 aliphatic heterocycles. The molecule has 0 spiro atoms. The van der Waals surface area contributed by atoms with Crippen molar-refractivity contribution >= 4 is 35.0 Å². The number of alkyl carbamates (subject to hydrolysis) is 1. The zero-order valence-electron chi connectivity index (χ0n) is 25.6. The Labute approximate surface area is 258 Å². The molecular formula is C29H37N7O9. The van der Waals surface area contributed by atoms with Gasteiger partial charge >= 0.3 is 6.09 Å². The standard InChI is InChI=1S/C29H37N7O9/c1-35(2)15-8-13(10-34-26(43)45-7-6-44-5)19(37)16-14(15)9-27(32)11-29(33)22(36(3)4)21(39)17(25(31)42)23(40)28(29,12-30)24(41)18(27)20(16)38/h8,22,37-38,40H,6-7,9-11,32-33H2,1-5H3,(H2,31,42)(H,34,43)/t22-,27-,28+,29-/m1/s1. The van der Waals surface area contributed by atoms with Gasteiger partial charge in [0.15, 0.2) is 17.0 Å². The zero-order chi connectivity index (χ0) is 33.8. The van der Waals surface area contributed by atoms with Crippen LogP contribution in [0.5, 0.6) is 5.75 Å². The van der Waals surface area contributed by atoms with E-state index in [0.717, 1.165) is 0 Å². The molecule has 16 nitrogen and oxygen atoms in total. The van der Waals surface area contributed by atoms with Gasteiger partial charge in [0, 0.05) is 39.0 Å². The molecule has 4 atom stereocenters. The van der Waals surface area contributed by atoms with Crippen LogP contribution in [0.1, 0.15) is 23.1 Å². The molecule has 0 bridgehead atoms. The lowest BCUT2D eigenvalue weighted by Crippen LogP contribution is -2.80. The minimum Gasteiger partial charge on any atom is -0.509 e. The summed E-state index contributed by atoms with van der Waals surface area (Å²) >= 11 is 0. The summed E-state index contributed by atoms with van der Waals surface area (Å²) in [5.74, 6) is -6.15. The second kappa shape index (κ2) is 11.3. The van der Waals surface area contributed by atoms with Crippen molar-refractivity contribution in [2.24, 2.45) is 22.6 Å². The number of phenols is 1. The van der Waals surface area contributed by atoms with E-state index in [0.29, 0.717) is 11.3 Å². The third-order valence-corrected chi connectivity index (χ3v) is 8.73. The predicted molar refractivity (Wildman–Crippen MR) is 159 cm³/mol. The number of hydrogen-bond donors (Lipinski definition) is 7. The highest BCUT2D eigenvalue weighted by Crippen LogP contribution is 2.59. The molecular weight excluding hydrogens is 590 g/mol. The number of phenolic OH excluding ortho intramolecular Hbond substituents is 1. The number of Topliss-reactive ketones (excluding diaryl/α,β-unsaturated/α-hetero) is 2. The fraction of sp³-hybridized carbons (Fsp3) is 0.483. The number of amides is 2. The first-order valence-electron chi connectivity index (χ1n) is 13.8. The van der Waals surface area contributed by atoms with E-state index < -0.39 is 80.9 Å². The molecule has 2 amide bonds. The number of rotatable bonds is 8. The highest BCUT2D eigenvalue weighted by molar-refractivity contribution is 6.25. The number of nitrogens with zero attached hydrogens (tertiary/aromatic N) is 3. The lowest BCUT2D eigenvalue weighted by molar-refractivity contribution is -0.139. The topological polar surface area (TPSA) is 268 Å². The van der Waals surface area contributed by atoms with Crippen LogP contribution in [0.4, 0.5) is 10.5 Å². The molecule has 1 fully saturated rings. The van der Waals surface area contributed by atoms with Gasteiger partial charge in [0.25, 0.3) is 5.91 Å². The van der Waals surface area contributed by atoms with Crippen LogP contribution >= 0.6 is 0 Å². The minimum absolute atomic E-state index is 0.0165. The molecule has 4 rings (SSSR count). The summed E-state index contributed by atoms with van der Waals surface area (Å²) in [5, 5.41) is 47.5. The Kier molecular flexibility index (Phi) is 8.37. The fourth-order valence-corrected chi connectivity index (χ4v) is 6.90. The number of fused-ring (bicyclic) bond motifs is 3. The van der Waals surface area contributed by atoms with Gasteiger partial charge in [-0.2, -0.15) is 5.26 Å². The van der Waals surface area contributed by atoms with E-state index >= 15 is 0 Å². The minimum atomic E-state index is -2.77. The molecule has 1 saturated carbocycles. The number of aliphatic hydroxyl groups is 2. The molecule has 10 N–H and O–H groups in total.